The molecule has 18 heavy (non-hydrogen) atoms. The molecule has 1 heterocycles. The van der Waals surface area contributed by atoms with Crippen molar-refractivity contribution in [3.8, 4) is 0 Å². The van der Waals surface area contributed by atoms with Gasteiger partial charge in [0, 0.05) is 5.56 Å². The fraction of sp³-hybridized carbons (Fsp3) is 0.467. The molecule has 0 unspecified atom stereocenters. The number of rotatable bonds is 2. The standard InChI is InChI=1S/C15H20N2O/c1-14(2)13(16-15(3,4)17(14)5)12(18)11-9-7-6-8-10-11/h6-10H,1-5H3. The summed E-state index contributed by atoms with van der Waals surface area (Å²) in [5.74, 6) is 0.0259. The van der Waals surface area contributed by atoms with Crippen LogP contribution in [0.15, 0.2) is 35.3 Å². The number of hydrogen-bond acceptors (Lipinski definition) is 3. The zero-order valence-corrected chi connectivity index (χ0v) is 11.7. The van der Waals surface area contributed by atoms with Crippen molar-refractivity contribution < 1.29 is 4.79 Å². The Kier molecular flexibility index (Phi) is 2.90. The van der Waals surface area contributed by atoms with Crippen molar-refractivity contribution in [2.45, 2.75) is 38.9 Å². The Bertz CT molecular complexity index is 500. The molecule has 0 fully saturated rings. The number of aliphatic imine (C=N–C) groups is 1. The molecule has 3 nitrogen and oxygen atoms in total. The Hall–Kier alpha value is -1.48. The average Bonchev–Trinajstić information content (AvgIpc) is 2.50. The molecule has 0 saturated heterocycles. The third-order valence-corrected chi connectivity index (χ3v) is 3.88. The van der Waals surface area contributed by atoms with Gasteiger partial charge in [-0.3, -0.25) is 14.7 Å². The largest absolute Gasteiger partial charge is 0.287 e. The van der Waals surface area contributed by atoms with E-state index in [4.69, 9.17) is 0 Å². The first-order valence-electron chi connectivity index (χ1n) is 6.21. The molecule has 1 aliphatic rings. The number of hydrogen-bond donors (Lipinski definition) is 0. The molecule has 0 aromatic heterocycles. The molecule has 0 amide bonds. The van der Waals surface area contributed by atoms with Gasteiger partial charge in [-0.1, -0.05) is 30.3 Å². The molecule has 3 heteroatoms. The van der Waals surface area contributed by atoms with E-state index in [1.165, 1.54) is 0 Å². The van der Waals surface area contributed by atoms with Crippen LogP contribution < -0.4 is 0 Å². The van der Waals surface area contributed by atoms with E-state index < -0.39 is 0 Å². The van der Waals surface area contributed by atoms with Crippen molar-refractivity contribution in [2.75, 3.05) is 7.05 Å². The second-order valence-electron chi connectivity index (χ2n) is 5.77. The lowest BCUT2D eigenvalue weighted by atomic mass is 9.91. The number of carbonyl (C=O) groups excluding carboxylic acids is 1. The second kappa shape index (κ2) is 4.02. The predicted molar refractivity (Wildman–Crippen MR) is 74.1 cm³/mol. The highest BCUT2D eigenvalue weighted by Gasteiger charge is 2.47. The maximum absolute atomic E-state index is 12.5. The van der Waals surface area contributed by atoms with Crippen LogP contribution in [0.4, 0.5) is 0 Å². The number of ketones is 1. The average molecular weight is 244 g/mol. The molecule has 0 radical (unpaired) electrons. The highest BCUT2D eigenvalue weighted by Crippen LogP contribution is 2.34. The van der Waals surface area contributed by atoms with Crippen LogP contribution in [0.5, 0.6) is 0 Å². The SMILES string of the molecule is CN1C(C)(C)N=C(C(=O)c2ccccc2)C1(C)C. The summed E-state index contributed by atoms with van der Waals surface area (Å²) in [6.45, 7) is 8.14. The van der Waals surface area contributed by atoms with E-state index in [0.717, 1.165) is 0 Å². The van der Waals surface area contributed by atoms with E-state index in [1.807, 2.05) is 65.1 Å². The Morgan fingerprint density at radius 3 is 2.11 bits per heavy atom. The summed E-state index contributed by atoms with van der Waals surface area (Å²) in [5.41, 5.74) is 0.677. The van der Waals surface area contributed by atoms with E-state index >= 15 is 0 Å². The topological polar surface area (TPSA) is 32.7 Å². The first-order valence-corrected chi connectivity index (χ1v) is 6.21. The van der Waals surface area contributed by atoms with Gasteiger partial charge in [-0.2, -0.15) is 0 Å². The van der Waals surface area contributed by atoms with Crippen molar-refractivity contribution in [1.82, 2.24) is 4.90 Å². The Labute approximate surface area is 109 Å². The maximum atomic E-state index is 12.5. The summed E-state index contributed by atoms with van der Waals surface area (Å²) >= 11 is 0. The number of benzene rings is 1. The normalized spacial score (nSPS) is 21.7. The maximum Gasteiger partial charge on any atom is 0.208 e. The first kappa shape index (κ1) is 13.0. The van der Waals surface area contributed by atoms with Crippen LogP contribution in [-0.2, 0) is 0 Å². The van der Waals surface area contributed by atoms with Crippen LogP contribution in [-0.4, -0.2) is 34.6 Å². The van der Waals surface area contributed by atoms with Gasteiger partial charge in [-0.15, -0.1) is 0 Å². The van der Waals surface area contributed by atoms with Gasteiger partial charge in [0.2, 0.25) is 5.78 Å². The lowest BCUT2D eigenvalue weighted by Crippen LogP contribution is -2.51. The lowest BCUT2D eigenvalue weighted by molar-refractivity contribution is 0.102. The van der Waals surface area contributed by atoms with Crippen molar-refractivity contribution >= 4 is 11.5 Å². The van der Waals surface area contributed by atoms with Crippen molar-refractivity contribution in [2.24, 2.45) is 4.99 Å². The summed E-state index contributed by atoms with van der Waals surface area (Å²) in [6, 6.07) is 9.35. The van der Waals surface area contributed by atoms with Crippen molar-refractivity contribution in [3.63, 3.8) is 0 Å². The van der Waals surface area contributed by atoms with E-state index in [-0.39, 0.29) is 17.0 Å². The van der Waals surface area contributed by atoms with Gasteiger partial charge in [0.1, 0.15) is 11.4 Å². The summed E-state index contributed by atoms with van der Waals surface area (Å²) in [5, 5.41) is 0. The fourth-order valence-corrected chi connectivity index (χ4v) is 2.38. The Morgan fingerprint density at radius 2 is 1.67 bits per heavy atom. The van der Waals surface area contributed by atoms with E-state index in [1.54, 1.807) is 0 Å². The molecule has 0 aliphatic carbocycles. The molecule has 1 aliphatic heterocycles. The van der Waals surface area contributed by atoms with Crippen LogP contribution in [0, 0.1) is 0 Å². The van der Waals surface area contributed by atoms with Gasteiger partial charge in [0.05, 0.1) is 5.54 Å². The molecule has 0 bridgehead atoms. The van der Waals surface area contributed by atoms with Crippen molar-refractivity contribution in [1.29, 1.82) is 0 Å². The van der Waals surface area contributed by atoms with Gasteiger partial charge in [-0.25, -0.2) is 0 Å². The van der Waals surface area contributed by atoms with Crippen LogP contribution in [0.3, 0.4) is 0 Å². The summed E-state index contributed by atoms with van der Waals surface area (Å²) in [6.07, 6.45) is 0. The number of carbonyl (C=O) groups is 1. The quantitative estimate of drug-likeness (QED) is 0.749. The van der Waals surface area contributed by atoms with Gasteiger partial charge in [-0.05, 0) is 34.7 Å². The molecule has 96 valence electrons. The number of nitrogens with zero attached hydrogens (tertiary/aromatic N) is 2. The minimum Gasteiger partial charge on any atom is -0.287 e. The highest BCUT2D eigenvalue weighted by atomic mass is 16.1. The van der Waals surface area contributed by atoms with E-state index in [9.17, 15) is 4.79 Å². The zero-order chi connectivity index (χ0) is 13.6. The molecular weight excluding hydrogens is 224 g/mol. The highest BCUT2D eigenvalue weighted by molar-refractivity contribution is 6.49. The van der Waals surface area contributed by atoms with Crippen LogP contribution in [0.25, 0.3) is 0 Å². The second-order valence-corrected chi connectivity index (χ2v) is 5.77. The third kappa shape index (κ3) is 1.89. The van der Waals surface area contributed by atoms with Gasteiger partial charge < -0.3 is 0 Å². The van der Waals surface area contributed by atoms with Crippen LogP contribution in [0.2, 0.25) is 0 Å². The number of Topliss-reactive ketones (excluding diaryl/α,β-unsaturated/α-hetero) is 1. The summed E-state index contributed by atoms with van der Waals surface area (Å²) in [7, 11) is 2.01. The van der Waals surface area contributed by atoms with Gasteiger partial charge in [0.15, 0.2) is 0 Å². The summed E-state index contributed by atoms with van der Waals surface area (Å²) in [4.78, 5) is 19.3. The Balaban J connectivity index is 2.43. The predicted octanol–water partition coefficient (Wildman–Crippen LogP) is 2.77. The summed E-state index contributed by atoms with van der Waals surface area (Å²) < 4.78 is 0. The fourth-order valence-electron chi connectivity index (χ4n) is 2.38. The molecule has 0 N–H and O–H groups in total. The van der Waals surface area contributed by atoms with Gasteiger partial charge in [0.25, 0.3) is 0 Å². The van der Waals surface area contributed by atoms with Crippen LogP contribution >= 0.6 is 0 Å². The molecule has 0 spiro atoms. The zero-order valence-electron chi connectivity index (χ0n) is 11.7. The molecule has 0 saturated carbocycles. The molecule has 1 aromatic rings. The molecule has 0 atom stereocenters. The first-order chi connectivity index (χ1) is 8.27. The third-order valence-electron chi connectivity index (χ3n) is 3.88. The van der Waals surface area contributed by atoms with Crippen molar-refractivity contribution in [3.05, 3.63) is 35.9 Å². The minimum absolute atomic E-state index is 0.0259. The van der Waals surface area contributed by atoms with Gasteiger partial charge >= 0.3 is 0 Å². The van der Waals surface area contributed by atoms with E-state index in [0.29, 0.717) is 11.3 Å². The van der Waals surface area contributed by atoms with E-state index in [2.05, 4.69) is 9.89 Å². The monoisotopic (exact) mass is 244 g/mol. The molecular formula is C15H20N2O. The Morgan fingerprint density at radius 1 is 1.11 bits per heavy atom. The lowest BCUT2D eigenvalue weighted by Gasteiger charge is -2.36. The minimum atomic E-state index is -0.337. The molecule has 2 rings (SSSR count). The molecule has 1 aromatic carbocycles. The van der Waals surface area contributed by atoms with Crippen LogP contribution in [0.1, 0.15) is 38.1 Å². The smallest absolute Gasteiger partial charge is 0.208 e.